The monoisotopic (exact) mass is 290 g/mol. The van der Waals surface area contributed by atoms with E-state index in [0.29, 0.717) is 5.69 Å². The molecule has 4 nitrogen and oxygen atoms in total. The maximum atomic E-state index is 12.4. The molecule has 0 aromatic heterocycles. The second-order valence-corrected chi connectivity index (χ2v) is 5.27. The van der Waals surface area contributed by atoms with Gasteiger partial charge in [-0.2, -0.15) is 13.2 Å². The number of alkyl halides is 3. The molecule has 0 bridgehead atoms. The van der Waals surface area contributed by atoms with E-state index in [1.807, 2.05) is 0 Å². The fourth-order valence-corrected chi connectivity index (χ4v) is 1.38. The molecule has 0 fully saturated rings. The summed E-state index contributed by atoms with van der Waals surface area (Å²) in [4.78, 5) is 11.5. The van der Waals surface area contributed by atoms with Crippen molar-refractivity contribution in [2.24, 2.45) is 5.73 Å². The van der Waals surface area contributed by atoms with Crippen LogP contribution in [0.4, 0.5) is 23.7 Å². The van der Waals surface area contributed by atoms with Crippen molar-refractivity contribution in [2.75, 3.05) is 5.32 Å². The Labute approximate surface area is 115 Å². The first kappa shape index (κ1) is 16.3. The Balaban J connectivity index is 2.70. The van der Waals surface area contributed by atoms with Gasteiger partial charge < -0.3 is 10.5 Å². The Bertz CT molecular complexity index is 464. The van der Waals surface area contributed by atoms with Gasteiger partial charge in [0, 0.05) is 5.69 Å². The molecule has 3 N–H and O–H groups in total. The van der Waals surface area contributed by atoms with E-state index in [4.69, 9.17) is 10.5 Å². The molecule has 0 saturated heterocycles. The van der Waals surface area contributed by atoms with Gasteiger partial charge in [0.1, 0.15) is 11.6 Å². The van der Waals surface area contributed by atoms with Crippen LogP contribution in [0.1, 0.15) is 32.4 Å². The second-order valence-electron chi connectivity index (χ2n) is 5.27. The number of ether oxygens (including phenoxy) is 1. The van der Waals surface area contributed by atoms with Crippen LogP contribution in [0.5, 0.6) is 0 Å². The zero-order chi connectivity index (χ0) is 15.6. The number of anilines is 1. The first-order valence-electron chi connectivity index (χ1n) is 5.91. The van der Waals surface area contributed by atoms with Crippen LogP contribution < -0.4 is 11.1 Å². The maximum Gasteiger partial charge on any atom is 0.412 e. The minimum absolute atomic E-state index is 0.0766. The lowest BCUT2D eigenvalue weighted by Gasteiger charge is -2.20. The minimum Gasteiger partial charge on any atom is -0.444 e. The number of nitrogens with one attached hydrogen (secondary N) is 1. The molecule has 1 amide bonds. The average Bonchev–Trinajstić information content (AvgIpc) is 2.25. The molecule has 7 heteroatoms. The number of benzene rings is 1. The van der Waals surface area contributed by atoms with Crippen molar-refractivity contribution in [1.29, 1.82) is 0 Å². The predicted octanol–water partition coefficient (Wildman–Crippen LogP) is 3.60. The fourth-order valence-electron chi connectivity index (χ4n) is 1.38. The van der Waals surface area contributed by atoms with E-state index in [1.165, 1.54) is 24.3 Å². The standard InChI is InChI=1S/C13H17F3N2O2/c1-12(2,3)20-11(19)18-9-6-4-8(5-7-9)10(17)13(14,15)16/h4-7,10H,17H2,1-3H3,(H,18,19)/t10-/m1/s1. The first-order chi connectivity index (χ1) is 8.99. The van der Waals surface area contributed by atoms with Gasteiger partial charge in [-0.3, -0.25) is 5.32 Å². The molecule has 1 aromatic rings. The van der Waals surface area contributed by atoms with Gasteiger partial charge in [-0.05, 0) is 38.5 Å². The molecule has 0 aliphatic heterocycles. The highest BCUT2D eigenvalue weighted by Gasteiger charge is 2.37. The van der Waals surface area contributed by atoms with Gasteiger partial charge in [0.15, 0.2) is 0 Å². The number of rotatable bonds is 2. The van der Waals surface area contributed by atoms with Crippen molar-refractivity contribution in [3.8, 4) is 0 Å². The zero-order valence-electron chi connectivity index (χ0n) is 11.4. The normalized spacial score (nSPS) is 13.8. The Morgan fingerprint density at radius 3 is 2.10 bits per heavy atom. The number of carbonyl (C=O) groups is 1. The highest BCUT2D eigenvalue weighted by Crippen LogP contribution is 2.30. The van der Waals surface area contributed by atoms with Crippen LogP contribution >= 0.6 is 0 Å². The Kier molecular flexibility index (Phi) is 4.65. The van der Waals surface area contributed by atoms with Crippen LogP contribution in [0.2, 0.25) is 0 Å². The number of nitrogens with two attached hydrogens (primary N) is 1. The summed E-state index contributed by atoms with van der Waals surface area (Å²) in [5, 5.41) is 2.42. The molecule has 0 unspecified atom stereocenters. The van der Waals surface area contributed by atoms with E-state index in [2.05, 4.69) is 5.32 Å². The van der Waals surface area contributed by atoms with E-state index in [9.17, 15) is 18.0 Å². The van der Waals surface area contributed by atoms with Crippen LogP contribution in [0, 0.1) is 0 Å². The summed E-state index contributed by atoms with van der Waals surface area (Å²) >= 11 is 0. The van der Waals surface area contributed by atoms with E-state index < -0.39 is 23.9 Å². The molecular formula is C13H17F3N2O2. The van der Waals surface area contributed by atoms with Gasteiger partial charge in [-0.25, -0.2) is 4.79 Å². The van der Waals surface area contributed by atoms with Gasteiger partial charge in [-0.15, -0.1) is 0 Å². The molecule has 0 radical (unpaired) electrons. The highest BCUT2D eigenvalue weighted by atomic mass is 19.4. The summed E-state index contributed by atoms with van der Waals surface area (Å²) in [5.41, 5.74) is 4.67. The quantitative estimate of drug-likeness (QED) is 0.874. The molecule has 1 rings (SSSR count). The number of amides is 1. The minimum atomic E-state index is -4.50. The van der Waals surface area contributed by atoms with Crippen molar-refractivity contribution in [2.45, 2.75) is 38.6 Å². The Morgan fingerprint density at radius 2 is 1.70 bits per heavy atom. The summed E-state index contributed by atoms with van der Waals surface area (Å²) < 4.78 is 42.3. The summed E-state index contributed by atoms with van der Waals surface area (Å²) in [6, 6.07) is 3.06. The third-order valence-electron chi connectivity index (χ3n) is 2.27. The van der Waals surface area contributed by atoms with Crippen LogP contribution in [-0.4, -0.2) is 17.9 Å². The van der Waals surface area contributed by atoms with Crippen molar-refractivity contribution in [3.63, 3.8) is 0 Å². The second kappa shape index (κ2) is 5.70. The zero-order valence-corrected chi connectivity index (χ0v) is 11.4. The molecule has 0 aliphatic carbocycles. The van der Waals surface area contributed by atoms with E-state index in [1.54, 1.807) is 20.8 Å². The van der Waals surface area contributed by atoms with Crippen molar-refractivity contribution in [1.82, 2.24) is 0 Å². The van der Waals surface area contributed by atoms with Gasteiger partial charge in [-0.1, -0.05) is 12.1 Å². The van der Waals surface area contributed by atoms with Crippen LogP contribution in [0.25, 0.3) is 0 Å². The molecule has 0 spiro atoms. The summed E-state index contributed by atoms with van der Waals surface area (Å²) in [6.45, 7) is 5.12. The highest BCUT2D eigenvalue weighted by molar-refractivity contribution is 5.84. The average molecular weight is 290 g/mol. The van der Waals surface area contributed by atoms with Gasteiger partial charge >= 0.3 is 12.3 Å². The summed E-state index contributed by atoms with van der Waals surface area (Å²) in [6.07, 6.45) is -5.18. The van der Waals surface area contributed by atoms with Crippen molar-refractivity contribution < 1.29 is 22.7 Å². The molecular weight excluding hydrogens is 273 g/mol. The Morgan fingerprint density at radius 1 is 1.20 bits per heavy atom. The van der Waals surface area contributed by atoms with E-state index >= 15 is 0 Å². The molecule has 0 saturated carbocycles. The summed E-state index contributed by atoms with van der Waals surface area (Å²) in [5.74, 6) is 0. The van der Waals surface area contributed by atoms with E-state index in [0.717, 1.165) is 0 Å². The number of carbonyl (C=O) groups excluding carboxylic acids is 1. The smallest absolute Gasteiger partial charge is 0.412 e. The maximum absolute atomic E-state index is 12.4. The molecule has 0 heterocycles. The molecule has 1 aromatic carbocycles. The van der Waals surface area contributed by atoms with Crippen molar-refractivity contribution >= 4 is 11.8 Å². The van der Waals surface area contributed by atoms with E-state index in [-0.39, 0.29) is 5.56 Å². The topological polar surface area (TPSA) is 64.3 Å². The molecule has 1 atom stereocenters. The third-order valence-corrected chi connectivity index (χ3v) is 2.27. The number of hydrogen-bond donors (Lipinski definition) is 2. The number of hydrogen-bond acceptors (Lipinski definition) is 3. The van der Waals surface area contributed by atoms with Crippen LogP contribution in [-0.2, 0) is 4.74 Å². The molecule has 112 valence electrons. The first-order valence-corrected chi connectivity index (χ1v) is 5.91. The van der Waals surface area contributed by atoms with Gasteiger partial charge in [0.25, 0.3) is 0 Å². The third kappa shape index (κ3) is 5.08. The summed E-state index contributed by atoms with van der Waals surface area (Å²) in [7, 11) is 0. The number of halogens is 3. The van der Waals surface area contributed by atoms with Gasteiger partial charge in [0.05, 0.1) is 0 Å². The molecule has 0 aliphatic rings. The lowest BCUT2D eigenvalue weighted by Crippen LogP contribution is -2.28. The predicted molar refractivity (Wildman–Crippen MR) is 69.3 cm³/mol. The van der Waals surface area contributed by atoms with Crippen molar-refractivity contribution in [3.05, 3.63) is 29.8 Å². The fraction of sp³-hybridized carbons (Fsp3) is 0.462. The van der Waals surface area contributed by atoms with Crippen LogP contribution in [0.3, 0.4) is 0 Å². The lowest BCUT2D eigenvalue weighted by atomic mass is 10.1. The SMILES string of the molecule is CC(C)(C)OC(=O)Nc1ccc([C@@H](N)C(F)(F)F)cc1. The Hall–Kier alpha value is -1.76. The molecule has 20 heavy (non-hydrogen) atoms. The lowest BCUT2D eigenvalue weighted by molar-refractivity contribution is -0.149. The van der Waals surface area contributed by atoms with Gasteiger partial charge in [0.2, 0.25) is 0 Å². The van der Waals surface area contributed by atoms with Crippen LogP contribution in [0.15, 0.2) is 24.3 Å². The largest absolute Gasteiger partial charge is 0.444 e.